The Morgan fingerprint density at radius 3 is 2.29 bits per heavy atom. The van der Waals surface area contributed by atoms with Crippen LogP contribution >= 0.6 is 0 Å². The number of hydrogen-bond acceptors (Lipinski definition) is 5. The minimum atomic E-state index is -5.08. The first-order chi connectivity index (χ1) is 12.9. The Bertz CT molecular complexity index is 710. The number of likely N-dealkylation sites (tertiary alicyclic amines) is 1. The normalized spacial score (nSPS) is 19.4. The number of amides is 1. The molecule has 1 fully saturated rings. The molecule has 28 heavy (non-hydrogen) atoms. The van der Waals surface area contributed by atoms with Crippen molar-refractivity contribution in [3.63, 3.8) is 0 Å². The second-order valence-electron chi connectivity index (χ2n) is 6.46. The number of carbonyl (C=O) groups excluding carboxylic acids is 1. The predicted molar refractivity (Wildman–Crippen MR) is 84.9 cm³/mol. The van der Waals surface area contributed by atoms with Gasteiger partial charge in [-0.25, -0.2) is 18.6 Å². The summed E-state index contributed by atoms with van der Waals surface area (Å²) >= 11 is 0. The third-order valence-electron chi connectivity index (χ3n) is 4.46. The van der Waals surface area contributed by atoms with E-state index in [0.29, 0.717) is 6.54 Å². The van der Waals surface area contributed by atoms with Gasteiger partial charge in [-0.3, -0.25) is 9.69 Å². The summed E-state index contributed by atoms with van der Waals surface area (Å²) < 4.78 is 63.5. The number of oxazole rings is 1. The van der Waals surface area contributed by atoms with E-state index in [0.717, 1.165) is 31.0 Å². The summed E-state index contributed by atoms with van der Waals surface area (Å²) in [7, 11) is 0. The Morgan fingerprint density at radius 2 is 1.79 bits per heavy atom. The minimum Gasteiger partial charge on any atom is -0.475 e. The first kappa shape index (κ1) is 22.1. The number of halogens is 5. The van der Waals surface area contributed by atoms with Gasteiger partial charge in [0.2, 0.25) is 0 Å². The van der Waals surface area contributed by atoms with E-state index in [-0.39, 0.29) is 37.7 Å². The van der Waals surface area contributed by atoms with Crippen molar-refractivity contribution in [1.82, 2.24) is 14.8 Å². The van der Waals surface area contributed by atoms with Crippen molar-refractivity contribution in [3.8, 4) is 0 Å². The SMILES string of the molecule is CCN1CCc2oc(C(=O)N3CCC(F)(F)CC3)nc2C1.O=C(O)C(F)(F)F. The molecule has 1 aromatic rings. The van der Waals surface area contributed by atoms with Gasteiger partial charge in [-0.2, -0.15) is 13.2 Å². The number of carboxylic acid groups (broad SMARTS) is 1. The van der Waals surface area contributed by atoms with E-state index in [1.54, 1.807) is 0 Å². The zero-order valence-corrected chi connectivity index (χ0v) is 15.1. The van der Waals surface area contributed by atoms with Gasteiger partial charge >= 0.3 is 18.1 Å². The van der Waals surface area contributed by atoms with Crippen LogP contribution in [0.4, 0.5) is 22.0 Å². The molecule has 12 heteroatoms. The van der Waals surface area contributed by atoms with E-state index in [4.69, 9.17) is 14.3 Å². The molecular weight excluding hydrogens is 393 g/mol. The maximum Gasteiger partial charge on any atom is 0.490 e. The molecule has 2 aliphatic heterocycles. The van der Waals surface area contributed by atoms with Gasteiger partial charge in [0.05, 0.1) is 5.69 Å². The molecule has 1 saturated heterocycles. The molecule has 0 aromatic carbocycles. The van der Waals surface area contributed by atoms with Crippen LogP contribution in [0.15, 0.2) is 4.42 Å². The van der Waals surface area contributed by atoms with Crippen LogP contribution in [0.3, 0.4) is 0 Å². The van der Waals surface area contributed by atoms with Gasteiger partial charge in [-0.1, -0.05) is 6.92 Å². The van der Waals surface area contributed by atoms with Crippen molar-refractivity contribution < 1.29 is 41.1 Å². The summed E-state index contributed by atoms with van der Waals surface area (Å²) in [6.45, 7) is 4.69. The van der Waals surface area contributed by atoms with Gasteiger partial charge in [0.25, 0.3) is 11.8 Å². The molecule has 0 radical (unpaired) electrons. The molecule has 1 N–H and O–H groups in total. The third kappa shape index (κ3) is 5.63. The number of aliphatic carboxylic acids is 1. The monoisotopic (exact) mass is 413 g/mol. The van der Waals surface area contributed by atoms with Crippen LogP contribution in [-0.2, 0) is 17.8 Å². The highest BCUT2D eigenvalue weighted by molar-refractivity contribution is 5.89. The van der Waals surface area contributed by atoms with E-state index in [1.165, 1.54) is 4.90 Å². The summed E-state index contributed by atoms with van der Waals surface area (Å²) in [5.74, 6) is -4.99. The van der Waals surface area contributed by atoms with Crippen LogP contribution in [0, 0.1) is 0 Å². The van der Waals surface area contributed by atoms with Crippen LogP contribution < -0.4 is 0 Å². The number of carboxylic acids is 1. The highest BCUT2D eigenvalue weighted by atomic mass is 19.4. The van der Waals surface area contributed by atoms with Gasteiger partial charge in [0, 0.05) is 45.4 Å². The fourth-order valence-electron chi connectivity index (χ4n) is 2.79. The minimum absolute atomic E-state index is 0.0446. The van der Waals surface area contributed by atoms with Crippen LogP contribution in [0.5, 0.6) is 0 Å². The van der Waals surface area contributed by atoms with Crippen molar-refractivity contribution in [3.05, 3.63) is 17.3 Å². The maximum atomic E-state index is 13.1. The van der Waals surface area contributed by atoms with E-state index < -0.39 is 18.1 Å². The maximum absolute atomic E-state index is 13.1. The third-order valence-corrected chi connectivity index (χ3v) is 4.46. The number of rotatable bonds is 2. The van der Waals surface area contributed by atoms with E-state index in [1.807, 2.05) is 0 Å². The number of nitrogens with zero attached hydrogens (tertiary/aromatic N) is 3. The highest BCUT2D eigenvalue weighted by Crippen LogP contribution is 2.29. The zero-order valence-electron chi connectivity index (χ0n) is 15.1. The number of alkyl halides is 5. The number of aromatic nitrogens is 1. The molecule has 0 saturated carbocycles. The Labute approximate surface area is 157 Å². The molecule has 2 aliphatic rings. The molecule has 1 aromatic heterocycles. The topological polar surface area (TPSA) is 86.9 Å². The zero-order chi connectivity index (χ0) is 21.1. The first-order valence-electron chi connectivity index (χ1n) is 8.61. The number of likely N-dealkylation sites (N-methyl/N-ethyl adjacent to an activating group) is 1. The molecule has 3 heterocycles. The molecule has 0 bridgehead atoms. The Morgan fingerprint density at radius 1 is 1.21 bits per heavy atom. The number of carbonyl (C=O) groups is 2. The number of piperidine rings is 1. The van der Waals surface area contributed by atoms with Crippen LogP contribution in [0.1, 0.15) is 41.9 Å². The summed E-state index contributed by atoms with van der Waals surface area (Å²) in [6.07, 6.45) is -4.92. The molecule has 0 aliphatic carbocycles. The predicted octanol–water partition coefficient (Wildman–Crippen LogP) is 2.56. The van der Waals surface area contributed by atoms with Gasteiger partial charge in [0.15, 0.2) is 0 Å². The molecular formula is C16H20F5N3O4. The van der Waals surface area contributed by atoms with Crippen LogP contribution in [0.25, 0.3) is 0 Å². The van der Waals surface area contributed by atoms with Gasteiger partial charge in [-0.05, 0) is 6.54 Å². The van der Waals surface area contributed by atoms with Gasteiger partial charge in [0.1, 0.15) is 5.76 Å². The lowest BCUT2D eigenvalue weighted by Crippen LogP contribution is -2.42. The van der Waals surface area contributed by atoms with Crippen molar-refractivity contribution in [2.24, 2.45) is 0 Å². The molecule has 3 rings (SSSR count). The van der Waals surface area contributed by atoms with Crippen molar-refractivity contribution in [1.29, 1.82) is 0 Å². The highest BCUT2D eigenvalue weighted by Gasteiger charge is 2.38. The number of hydrogen-bond donors (Lipinski definition) is 1. The largest absolute Gasteiger partial charge is 0.490 e. The Balaban J connectivity index is 0.000000345. The van der Waals surface area contributed by atoms with Gasteiger partial charge < -0.3 is 14.4 Å². The lowest BCUT2D eigenvalue weighted by Gasteiger charge is -2.30. The molecule has 0 unspecified atom stereocenters. The standard InChI is InChI=1S/C14H19F2N3O2.C2HF3O2/c1-2-18-6-3-11-10(9-18)17-12(21-11)13(20)19-7-4-14(15,16)5-8-19;3-2(4,5)1(6)7/h2-9H2,1H3;(H,6,7). The second kappa shape index (κ2) is 8.41. The fraction of sp³-hybridized carbons (Fsp3) is 0.688. The lowest BCUT2D eigenvalue weighted by molar-refractivity contribution is -0.192. The Hall–Kier alpha value is -2.24. The molecule has 0 spiro atoms. The quantitative estimate of drug-likeness (QED) is 0.750. The summed E-state index contributed by atoms with van der Waals surface area (Å²) in [6, 6.07) is 0. The summed E-state index contributed by atoms with van der Waals surface area (Å²) in [5.41, 5.74) is 0.800. The first-order valence-corrected chi connectivity index (χ1v) is 8.61. The molecule has 158 valence electrons. The average molecular weight is 413 g/mol. The van der Waals surface area contributed by atoms with E-state index in [2.05, 4.69) is 16.8 Å². The second-order valence-corrected chi connectivity index (χ2v) is 6.46. The summed E-state index contributed by atoms with van der Waals surface area (Å²) in [4.78, 5) is 29.1. The molecule has 7 nitrogen and oxygen atoms in total. The fourth-order valence-corrected chi connectivity index (χ4v) is 2.79. The van der Waals surface area contributed by atoms with Gasteiger partial charge in [-0.15, -0.1) is 0 Å². The van der Waals surface area contributed by atoms with E-state index >= 15 is 0 Å². The Kier molecular flexibility index (Phi) is 6.63. The average Bonchev–Trinajstić information content (AvgIpc) is 3.04. The van der Waals surface area contributed by atoms with E-state index in [9.17, 15) is 26.7 Å². The van der Waals surface area contributed by atoms with Crippen LogP contribution in [0.2, 0.25) is 0 Å². The smallest absolute Gasteiger partial charge is 0.475 e. The van der Waals surface area contributed by atoms with Crippen molar-refractivity contribution in [2.75, 3.05) is 26.2 Å². The molecule has 0 atom stereocenters. The van der Waals surface area contributed by atoms with Crippen molar-refractivity contribution in [2.45, 2.75) is 44.8 Å². The lowest BCUT2D eigenvalue weighted by atomic mass is 10.1. The number of fused-ring (bicyclic) bond motifs is 1. The molecule has 1 amide bonds. The van der Waals surface area contributed by atoms with Crippen molar-refractivity contribution >= 4 is 11.9 Å². The summed E-state index contributed by atoms with van der Waals surface area (Å²) in [5, 5.41) is 7.12. The van der Waals surface area contributed by atoms with Crippen LogP contribution in [-0.4, -0.2) is 70.0 Å².